The Hall–Kier alpha value is -2.25. The summed E-state index contributed by atoms with van der Waals surface area (Å²) >= 11 is 1.61. The molecule has 0 saturated heterocycles. The van der Waals surface area contributed by atoms with Gasteiger partial charge >= 0.3 is 0 Å². The Morgan fingerprint density at radius 2 is 2.05 bits per heavy atom. The van der Waals surface area contributed by atoms with Crippen LogP contribution in [0.4, 0.5) is 0 Å². The molecule has 0 radical (unpaired) electrons. The predicted molar refractivity (Wildman–Crippen MR) is 86.1 cm³/mol. The number of nitrogens with zero attached hydrogens (tertiary/aromatic N) is 2. The van der Waals surface area contributed by atoms with Gasteiger partial charge in [-0.25, -0.2) is 4.98 Å². The number of hydrogen-bond acceptors (Lipinski definition) is 3. The van der Waals surface area contributed by atoms with Crippen LogP contribution in [0.1, 0.15) is 22.8 Å². The molecule has 1 unspecified atom stereocenters. The van der Waals surface area contributed by atoms with Crippen molar-refractivity contribution in [3.8, 4) is 6.07 Å². The van der Waals surface area contributed by atoms with Gasteiger partial charge in [-0.05, 0) is 30.2 Å². The summed E-state index contributed by atoms with van der Waals surface area (Å²) in [7, 11) is 0. The second-order valence-corrected chi connectivity index (χ2v) is 6.13. The molecule has 3 nitrogen and oxygen atoms in total. The van der Waals surface area contributed by atoms with E-state index in [4.69, 9.17) is 5.26 Å². The van der Waals surface area contributed by atoms with Crippen molar-refractivity contribution in [3.05, 3.63) is 59.7 Å². The number of aromatic amines is 1. The zero-order valence-corrected chi connectivity index (χ0v) is 12.5. The molecule has 0 spiro atoms. The molecule has 0 saturated carbocycles. The SMILES string of the molecule is Cc1ccc2nc(SC(CC#N)c3ccccc3)[nH]c2c1. The number of fused-ring (bicyclic) bond motifs is 1. The van der Waals surface area contributed by atoms with Crippen LogP contribution in [0, 0.1) is 18.3 Å². The first kappa shape index (κ1) is 13.7. The molecule has 0 amide bonds. The Balaban J connectivity index is 1.89. The van der Waals surface area contributed by atoms with E-state index in [2.05, 4.69) is 47.2 Å². The summed E-state index contributed by atoms with van der Waals surface area (Å²) in [6, 6.07) is 18.5. The van der Waals surface area contributed by atoms with Gasteiger partial charge in [0.25, 0.3) is 0 Å². The van der Waals surface area contributed by atoms with Crippen molar-refractivity contribution in [1.29, 1.82) is 5.26 Å². The molecule has 3 rings (SSSR count). The van der Waals surface area contributed by atoms with Crippen LogP contribution in [0.5, 0.6) is 0 Å². The van der Waals surface area contributed by atoms with Crippen molar-refractivity contribution >= 4 is 22.8 Å². The highest BCUT2D eigenvalue weighted by atomic mass is 32.2. The molecule has 2 aromatic carbocycles. The van der Waals surface area contributed by atoms with Crippen LogP contribution >= 0.6 is 11.8 Å². The lowest BCUT2D eigenvalue weighted by molar-refractivity contribution is 0.959. The third-order valence-corrected chi connectivity index (χ3v) is 4.46. The standard InChI is InChI=1S/C17H15N3S/c1-12-7-8-14-15(11-12)20-17(19-14)21-16(9-10-18)13-5-3-2-4-6-13/h2-8,11,16H,9H2,1H3,(H,19,20). The summed E-state index contributed by atoms with van der Waals surface area (Å²) < 4.78 is 0. The second-order valence-electron chi connectivity index (χ2n) is 4.94. The van der Waals surface area contributed by atoms with Gasteiger partial charge in [0.1, 0.15) is 0 Å². The van der Waals surface area contributed by atoms with Gasteiger partial charge in [-0.2, -0.15) is 5.26 Å². The van der Waals surface area contributed by atoms with Gasteiger partial charge in [0.2, 0.25) is 0 Å². The number of imidazole rings is 1. The maximum Gasteiger partial charge on any atom is 0.166 e. The van der Waals surface area contributed by atoms with E-state index in [-0.39, 0.29) is 5.25 Å². The average Bonchev–Trinajstić information content (AvgIpc) is 2.89. The summed E-state index contributed by atoms with van der Waals surface area (Å²) in [6.07, 6.45) is 0.463. The molecule has 0 aliphatic carbocycles. The predicted octanol–water partition coefficient (Wildman–Crippen LogP) is 4.62. The van der Waals surface area contributed by atoms with Crippen molar-refractivity contribution < 1.29 is 0 Å². The van der Waals surface area contributed by atoms with E-state index in [1.807, 2.05) is 24.3 Å². The highest BCUT2D eigenvalue weighted by Crippen LogP contribution is 2.36. The molecule has 3 aromatic rings. The van der Waals surface area contributed by atoms with E-state index in [0.29, 0.717) is 6.42 Å². The number of benzene rings is 2. The molecule has 1 aromatic heterocycles. The summed E-state index contributed by atoms with van der Waals surface area (Å²) in [6.45, 7) is 2.07. The van der Waals surface area contributed by atoms with E-state index in [0.717, 1.165) is 21.8 Å². The Labute approximate surface area is 128 Å². The monoisotopic (exact) mass is 293 g/mol. The molecule has 4 heteroatoms. The van der Waals surface area contributed by atoms with Crippen molar-refractivity contribution in [3.63, 3.8) is 0 Å². The van der Waals surface area contributed by atoms with Gasteiger partial charge < -0.3 is 4.98 Å². The number of H-pyrrole nitrogens is 1. The van der Waals surface area contributed by atoms with Gasteiger partial charge in [-0.15, -0.1) is 0 Å². The minimum absolute atomic E-state index is 0.0952. The molecular weight excluding hydrogens is 278 g/mol. The van der Waals surface area contributed by atoms with Gasteiger partial charge in [0, 0.05) is 0 Å². The maximum atomic E-state index is 9.06. The Morgan fingerprint density at radius 1 is 1.24 bits per heavy atom. The summed E-state index contributed by atoms with van der Waals surface area (Å²) in [4.78, 5) is 7.94. The number of rotatable bonds is 4. The highest BCUT2D eigenvalue weighted by Gasteiger charge is 2.15. The van der Waals surface area contributed by atoms with E-state index >= 15 is 0 Å². The highest BCUT2D eigenvalue weighted by molar-refractivity contribution is 7.99. The van der Waals surface area contributed by atoms with Crippen LogP contribution in [0.2, 0.25) is 0 Å². The molecule has 104 valence electrons. The zero-order valence-electron chi connectivity index (χ0n) is 11.7. The smallest absolute Gasteiger partial charge is 0.166 e. The normalized spacial score (nSPS) is 12.2. The molecule has 1 N–H and O–H groups in total. The summed E-state index contributed by atoms with van der Waals surface area (Å²) in [5.74, 6) is 0. The molecule has 1 heterocycles. The van der Waals surface area contributed by atoms with Gasteiger partial charge in [-0.1, -0.05) is 48.2 Å². The number of nitriles is 1. The average molecular weight is 293 g/mol. The van der Waals surface area contributed by atoms with Crippen molar-refractivity contribution in [2.24, 2.45) is 0 Å². The largest absolute Gasteiger partial charge is 0.333 e. The van der Waals surface area contributed by atoms with Crippen LogP contribution in [0.3, 0.4) is 0 Å². The number of aryl methyl sites for hydroxylation is 1. The number of thioether (sulfide) groups is 1. The molecule has 1 atom stereocenters. The zero-order chi connectivity index (χ0) is 14.7. The number of nitrogens with one attached hydrogen (secondary N) is 1. The minimum Gasteiger partial charge on any atom is -0.333 e. The first-order valence-corrected chi connectivity index (χ1v) is 7.69. The molecule has 0 fully saturated rings. The second kappa shape index (κ2) is 6.02. The van der Waals surface area contributed by atoms with Crippen LogP contribution in [-0.4, -0.2) is 9.97 Å². The van der Waals surface area contributed by atoms with Crippen LogP contribution in [-0.2, 0) is 0 Å². The van der Waals surface area contributed by atoms with Crippen LogP contribution in [0.15, 0.2) is 53.7 Å². The first-order chi connectivity index (χ1) is 10.3. The van der Waals surface area contributed by atoms with Crippen LogP contribution < -0.4 is 0 Å². The first-order valence-electron chi connectivity index (χ1n) is 6.81. The van der Waals surface area contributed by atoms with Gasteiger partial charge in [-0.3, -0.25) is 0 Å². The minimum atomic E-state index is 0.0952. The fourth-order valence-corrected chi connectivity index (χ4v) is 3.31. The fraction of sp³-hybridized carbons (Fsp3) is 0.176. The summed E-state index contributed by atoms with van der Waals surface area (Å²) in [5, 5.41) is 10.0. The van der Waals surface area contributed by atoms with E-state index in [9.17, 15) is 0 Å². The van der Waals surface area contributed by atoms with Crippen molar-refractivity contribution in [2.75, 3.05) is 0 Å². The Kier molecular flexibility index (Phi) is 3.94. The van der Waals surface area contributed by atoms with Gasteiger partial charge in [0.15, 0.2) is 5.16 Å². The van der Waals surface area contributed by atoms with Crippen LogP contribution in [0.25, 0.3) is 11.0 Å². The number of hydrogen-bond donors (Lipinski definition) is 1. The molecule has 0 aliphatic heterocycles. The Bertz CT molecular complexity index is 787. The quantitative estimate of drug-likeness (QED) is 0.714. The van der Waals surface area contributed by atoms with Crippen molar-refractivity contribution in [2.45, 2.75) is 23.8 Å². The maximum absolute atomic E-state index is 9.06. The van der Waals surface area contributed by atoms with Gasteiger partial charge in [0.05, 0.1) is 28.8 Å². The lowest BCUT2D eigenvalue weighted by atomic mass is 10.1. The molecular formula is C17H15N3S. The third kappa shape index (κ3) is 3.09. The van der Waals surface area contributed by atoms with E-state index in [1.165, 1.54) is 5.56 Å². The molecule has 21 heavy (non-hydrogen) atoms. The molecule has 0 bridgehead atoms. The third-order valence-electron chi connectivity index (χ3n) is 3.32. The topological polar surface area (TPSA) is 52.5 Å². The lowest BCUT2D eigenvalue weighted by Crippen LogP contribution is -1.93. The lowest BCUT2D eigenvalue weighted by Gasteiger charge is -2.11. The fourth-order valence-electron chi connectivity index (χ4n) is 2.27. The van der Waals surface area contributed by atoms with Crippen molar-refractivity contribution in [1.82, 2.24) is 9.97 Å². The summed E-state index contributed by atoms with van der Waals surface area (Å²) in [5.41, 5.74) is 4.37. The molecule has 0 aliphatic rings. The Morgan fingerprint density at radius 3 is 2.81 bits per heavy atom. The van der Waals surface area contributed by atoms with E-state index < -0.39 is 0 Å². The number of aromatic nitrogens is 2. The van der Waals surface area contributed by atoms with E-state index in [1.54, 1.807) is 11.8 Å².